The SMILES string of the molecule is CCc1ccc(C(C)(c2ccc(OC)cc2)c2ccc(OC)cc2)cc1.[SH-].[Y]. The van der Waals surface area contributed by atoms with E-state index in [4.69, 9.17) is 9.47 Å². The third-order valence-electron chi connectivity index (χ3n) is 5.27. The summed E-state index contributed by atoms with van der Waals surface area (Å²) in [6.07, 6.45) is 1.04. The van der Waals surface area contributed by atoms with Crippen molar-refractivity contribution in [3.63, 3.8) is 0 Å². The quantitative estimate of drug-likeness (QED) is 0.276. The summed E-state index contributed by atoms with van der Waals surface area (Å²) < 4.78 is 10.7. The van der Waals surface area contributed by atoms with Gasteiger partial charge < -0.3 is 23.0 Å². The number of hydrogen-bond acceptors (Lipinski definition) is 3. The van der Waals surface area contributed by atoms with Gasteiger partial charge in [-0.1, -0.05) is 55.5 Å². The first-order valence-electron chi connectivity index (χ1n) is 9.00. The Labute approximate surface area is 201 Å². The molecule has 0 amide bonds. The maximum atomic E-state index is 5.34. The summed E-state index contributed by atoms with van der Waals surface area (Å²) in [5.74, 6) is 1.74. The van der Waals surface area contributed by atoms with E-state index in [1.807, 2.05) is 24.3 Å². The van der Waals surface area contributed by atoms with Crippen LogP contribution in [0.5, 0.6) is 11.5 Å². The van der Waals surface area contributed by atoms with Gasteiger partial charge >= 0.3 is 0 Å². The number of thiol groups is 1. The van der Waals surface area contributed by atoms with Crippen LogP contribution in [-0.4, -0.2) is 14.2 Å². The maximum absolute atomic E-state index is 5.34. The minimum atomic E-state index is -0.259. The van der Waals surface area contributed by atoms with E-state index in [-0.39, 0.29) is 51.6 Å². The van der Waals surface area contributed by atoms with Crippen LogP contribution in [0.2, 0.25) is 0 Å². The van der Waals surface area contributed by atoms with E-state index in [9.17, 15) is 0 Å². The molecule has 0 atom stereocenters. The van der Waals surface area contributed by atoms with Crippen molar-refractivity contribution in [1.29, 1.82) is 0 Å². The average Bonchev–Trinajstić information content (AvgIpc) is 2.73. The number of hydrogen-bond donors (Lipinski definition) is 0. The molecule has 0 aliphatic heterocycles. The molecule has 1 radical (unpaired) electrons. The van der Waals surface area contributed by atoms with Crippen molar-refractivity contribution < 1.29 is 42.2 Å². The molecule has 145 valence electrons. The first kappa shape index (κ1) is 24.8. The molecule has 3 rings (SSSR count). The molecule has 0 heterocycles. The largest absolute Gasteiger partial charge is 0.813 e. The van der Waals surface area contributed by atoms with Crippen molar-refractivity contribution >= 4 is 13.5 Å². The maximum Gasteiger partial charge on any atom is 0.118 e. The Morgan fingerprint density at radius 1 is 0.643 bits per heavy atom. The van der Waals surface area contributed by atoms with Crippen LogP contribution in [0, 0.1) is 0 Å². The summed E-state index contributed by atoms with van der Waals surface area (Å²) >= 11 is 0. The van der Waals surface area contributed by atoms with Crippen LogP contribution >= 0.6 is 0 Å². The fraction of sp³-hybridized carbons (Fsp3) is 0.250. The number of ether oxygens (including phenoxy) is 2. The Morgan fingerprint density at radius 3 is 1.25 bits per heavy atom. The van der Waals surface area contributed by atoms with Crippen LogP contribution in [0.3, 0.4) is 0 Å². The molecule has 0 N–H and O–H groups in total. The van der Waals surface area contributed by atoms with Crippen molar-refractivity contribution in [3.8, 4) is 11.5 Å². The second-order valence-electron chi connectivity index (χ2n) is 6.63. The van der Waals surface area contributed by atoms with E-state index in [1.165, 1.54) is 22.3 Å². The van der Waals surface area contributed by atoms with Crippen molar-refractivity contribution in [2.75, 3.05) is 14.2 Å². The van der Waals surface area contributed by atoms with Gasteiger partial charge in [-0.2, -0.15) is 0 Å². The Hall–Kier alpha value is -1.29. The van der Waals surface area contributed by atoms with E-state index in [0.29, 0.717) is 0 Å². The van der Waals surface area contributed by atoms with Crippen LogP contribution in [0.25, 0.3) is 0 Å². The van der Waals surface area contributed by atoms with Crippen molar-refractivity contribution in [2.45, 2.75) is 25.7 Å². The second-order valence-corrected chi connectivity index (χ2v) is 6.63. The van der Waals surface area contributed by atoms with E-state index < -0.39 is 0 Å². The zero-order valence-electron chi connectivity index (χ0n) is 17.0. The normalized spacial score (nSPS) is 10.4. The predicted molar refractivity (Wildman–Crippen MR) is 116 cm³/mol. The molecule has 0 saturated heterocycles. The molecule has 28 heavy (non-hydrogen) atoms. The third-order valence-corrected chi connectivity index (χ3v) is 5.27. The Morgan fingerprint density at radius 2 is 0.964 bits per heavy atom. The van der Waals surface area contributed by atoms with Gasteiger partial charge in [-0.05, 0) is 59.9 Å². The molecule has 0 aliphatic rings. The van der Waals surface area contributed by atoms with Gasteiger partial charge in [0, 0.05) is 38.1 Å². The fourth-order valence-electron chi connectivity index (χ4n) is 3.42. The van der Waals surface area contributed by atoms with Crippen molar-refractivity contribution in [2.24, 2.45) is 0 Å². The van der Waals surface area contributed by atoms with Crippen LogP contribution in [0.15, 0.2) is 72.8 Å². The van der Waals surface area contributed by atoms with Gasteiger partial charge in [-0.3, -0.25) is 0 Å². The van der Waals surface area contributed by atoms with E-state index in [2.05, 4.69) is 62.4 Å². The van der Waals surface area contributed by atoms with E-state index in [0.717, 1.165) is 17.9 Å². The molecule has 0 fully saturated rings. The Balaban J connectivity index is 0.00000196. The molecule has 0 spiro atoms. The van der Waals surface area contributed by atoms with Gasteiger partial charge in [0.1, 0.15) is 11.5 Å². The molecule has 2 nitrogen and oxygen atoms in total. The summed E-state index contributed by atoms with van der Waals surface area (Å²) in [7, 11) is 3.39. The summed E-state index contributed by atoms with van der Waals surface area (Å²) in [4.78, 5) is 0. The molecule has 4 heteroatoms. The third kappa shape index (κ3) is 5.00. The van der Waals surface area contributed by atoms with E-state index >= 15 is 0 Å². The number of aryl methyl sites for hydroxylation is 1. The topological polar surface area (TPSA) is 18.5 Å². The second kappa shape index (κ2) is 11.0. The van der Waals surface area contributed by atoms with Gasteiger partial charge in [0.05, 0.1) is 14.2 Å². The summed E-state index contributed by atoms with van der Waals surface area (Å²) in [6, 6.07) is 25.6. The first-order chi connectivity index (χ1) is 12.6. The average molecular weight is 468 g/mol. The summed E-state index contributed by atoms with van der Waals surface area (Å²) in [5.41, 5.74) is 4.82. The number of methoxy groups -OCH3 is 2. The molecule has 3 aromatic rings. The molecule has 0 aliphatic carbocycles. The van der Waals surface area contributed by atoms with Crippen LogP contribution in [-0.2, 0) is 58.0 Å². The standard InChI is InChI=1S/C24H26O2.H2S.Y/c1-5-18-6-8-19(9-7-18)24(2,20-10-14-22(25-3)15-11-20)21-12-16-23(26-4)17-13-21;;/h6-17H,5H2,1-4H3;1H2;/p-1. The molecular formula is C24H27O2SY-. The Bertz CT molecular complexity index is 728. The van der Waals surface area contributed by atoms with Gasteiger partial charge in [-0.25, -0.2) is 0 Å². The van der Waals surface area contributed by atoms with Gasteiger partial charge in [-0.15, -0.1) is 0 Å². The molecular weight excluding hydrogens is 441 g/mol. The number of rotatable bonds is 6. The summed E-state index contributed by atoms with van der Waals surface area (Å²) in [5, 5.41) is 0. The molecule has 0 saturated carbocycles. The molecule has 0 unspecified atom stereocenters. The zero-order valence-corrected chi connectivity index (χ0v) is 20.7. The van der Waals surface area contributed by atoms with Crippen molar-refractivity contribution in [3.05, 3.63) is 95.1 Å². The monoisotopic (exact) mass is 468 g/mol. The minimum Gasteiger partial charge on any atom is -0.813 e. The van der Waals surface area contributed by atoms with Gasteiger partial charge in [0.2, 0.25) is 0 Å². The zero-order chi connectivity index (χ0) is 18.6. The first-order valence-corrected chi connectivity index (χ1v) is 9.00. The van der Waals surface area contributed by atoms with Crippen LogP contribution in [0.1, 0.15) is 36.1 Å². The molecule has 3 aromatic carbocycles. The van der Waals surface area contributed by atoms with Crippen LogP contribution < -0.4 is 9.47 Å². The smallest absolute Gasteiger partial charge is 0.118 e. The predicted octanol–water partition coefficient (Wildman–Crippen LogP) is 5.35. The van der Waals surface area contributed by atoms with Crippen LogP contribution in [0.4, 0.5) is 0 Å². The number of benzene rings is 3. The molecule has 0 bridgehead atoms. The Kier molecular flexibility index (Phi) is 9.76. The minimum absolute atomic E-state index is 0. The van der Waals surface area contributed by atoms with Crippen molar-refractivity contribution in [1.82, 2.24) is 0 Å². The fourth-order valence-corrected chi connectivity index (χ4v) is 3.42. The van der Waals surface area contributed by atoms with E-state index in [1.54, 1.807) is 14.2 Å². The summed E-state index contributed by atoms with van der Waals surface area (Å²) in [6.45, 7) is 4.46. The molecule has 0 aromatic heterocycles. The van der Waals surface area contributed by atoms with Gasteiger partial charge in [0.25, 0.3) is 0 Å². The van der Waals surface area contributed by atoms with Gasteiger partial charge in [0.15, 0.2) is 0 Å².